The van der Waals surface area contributed by atoms with Crippen LogP contribution in [-0.2, 0) is 16.1 Å². The van der Waals surface area contributed by atoms with Crippen molar-refractivity contribution in [2.45, 2.75) is 6.54 Å². The highest BCUT2D eigenvalue weighted by Crippen LogP contribution is 2.34. The quantitative estimate of drug-likeness (QED) is 0.211. The monoisotopic (exact) mass is 611 g/mol. The van der Waals surface area contributed by atoms with Gasteiger partial charge in [0.05, 0.1) is 11.4 Å². The van der Waals surface area contributed by atoms with Crippen LogP contribution in [0.1, 0.15) is 11.1 Å². The molecule has 5 rings (SSSR count). The van der Waals surface area contributed by atoms with E-state index in [-0.39, 0.29) is 17.3 Å². The molecule has 2 heterocycles. The minimum atomic E-state index is -0.520. The maximum atomic E-state index is 14.3. The van der Waals surface area contributed by atoms with Gasteiger partial charge >= 0.3 is 0 Å². The van der Waals surface area contributed by atoms with Crippen LogP contribution in [0, 0.1) is 9.39 Å². The molecule has 1 aliphatic rings. The number of hydrogen-bond acceptors (Lipinski definition) is 4. The second-order valence-electron chi connectivity index (χ2n) is 8.14. The molecule has 4 aromatic rings. The van der Waals surface area contributed by atoms with Crippen LogP contribution >= 0.6 is 34.4 Å². The number of amides is 3. The lowest BCUT2D eigenvalue weighted by Crippen LogP contribution is -2.36. The van der Waals surface area contributed by atoms with E-state index in [9.17, 15) is 18.8 Å². The van der Waals surface area contributed by atoms with Gasteiger partial charge in [0.2, 0.25) is 5.91 Å². The number of carbonyl (C=O) groups is 3. The fourth-order valence-corrected chi connectivity index (χ4v) is 5.17. The van der Waals surface area contributed by atoms with Gasteiger partial charge in [0.15, 0.2) is 0 Å². The van der Waals surface area contributed by atoms with Gasteiger partial charge in [0, 0.05) is 37.5 Å². The van der Waals surface area contributed by atoms with Crippen LogP contribution in [0.5, 0.6) is 0 Å². The minimum absolute atomic E-state index is 0.232. The van der Waals surface area contributed by atoms with Crippen molar-refractivity contribution in [2.24, 2.45) is 0 Å². The molecule has 1 aromatic heterocycles. The Kier molecular flexibility index (Phi) is 6.92. The third-order valence-electron chi connectivity index (χ3n) is 5.71. The van der Waals surface area contributed by atoms with Crippen molar-refractivity contribution in [3.63, 3.8) is 0 Å². The Morgan fingerprint density at radius 3 is 2.50 bits per heavy atom. The van der Waals surface area contributed by atoms with Gasteiger partial charge in [-0.05, 0) is 76.8 Å². The molecule has 36 heavy (non-hydrogen) atoms. The smallest absolute Gasteiger partial charge is 0.294 e. The molecule has 0 spiro atoms. The number of rotatable bonds is 6. The number of halogens is 2. The molecule has 1 N–H and O–H groups in total. The largest absolute Gasteiger partial charge is 0.342 e. The zero-order chi connectivity index (χ0) is 25.2. The predicted octanol–water partition coefficient (Wildman–Crippen LogP) is 6.11. The van der Waals surface area contributed by atoms with E-state index in [1.165, 1.54) is 6.07 Å². The SMILES string of the molecule is O=C(CN1C(=O)S/C(=C\c2cn(Cc3ccccc3F)c3ccccc23)C1=O)Nc1ccc(I)cc1. The highest BCUT2D eigenvalue weighted by molar-refractivity contribution is 14.1. The number of imide groups is 1. The Morgan fingerprint density at radius 2 is 1.72 bits per heavy atom. The average Bonchev–Trinajstić information content (AvgIpc) is 3.34. The van der Waals surface area contributed by atoms with Crippen molar-refractivity contribution in [3.8, 4) is 0 Å². The molecule has 6 nitrogen and oxygen atoms in total. The molecule has 1 aliphatic heterocycles. The van der Waals surface area contributed by atoms with Gasteiger partial charge in [-0.1, -0.05) is 36.4 Å². The molecule has 1 saturated heterocycles. The molecule has 0 unspecified atom stereocenters. The zero-order valence-electron chi connectivity index (χ0n) is 18.8. The van der Waals surface area contributed by atoms with Crippen LogP contribution in [0.15, 0.2) is 83.9 Å². The Bertz CT molecular complexity index is 1530. The number of carbonyl (C=O) groups excluding carboxylic acids is 3. The lowest BCUT2D eigenvalue weighted by Gasteiger charge is -2.12. The molecule has 180 valence electrons. The lowest BCUT2D eigenvalue weighted by atomic mass is 10.1. The van der Waals surface area contributed by atoms with Crippen LogP contribution in [0.25, 0.3) is 17.0 Å². The first-order chi connectivity index (χ1) is 17.4. The molecule has 9 heteroatoms. The van der Waals surface area contributed by atoms with Crippen molar-refractivity contribution in [1.82, 2.24) is 9.47 Å². The molecule has 3 aromatic carbocycles. The van der Waals surface area contributed by atoms with Gasteiger partial charge in [-0.2, -0.15) is 0 Å². The highest BCUT2D eigenvalue weighted by Gasteiger charge is 2.36. The van der Waals surface area contributed by atoms with Gasteiger partial charge in [-0.15, -0.1) is 0 Å². The summed E-state index contributed by atoms with van der Waals surface area (Å²) in [6.07, 6.45) is 3.50. The summed E-state index contributed by atoms with van der Waals surface area (Å²) < 4.78 is 17.2. The van der Waals surface area contributed by atoms with Gasteiger partial charge in [-0.25, -0.2) is 4.39 Å². The van der Waals surface area contributed by atoms with Crippen LogP contribution in [0.2, 0.25) is 0 Å². The first-order valence-electron chi connectivity index (χ1n) is 11.0. The minimum Gasteiger partial charge on any atom is -0.342 e. The fraction of sp³-hybridized carbons (Fsp3) is 0.0741. The standard InChI is InChI=1S/C27H19FIN3O3S/c28-22-7-3-1-5-17(22)14-31-15-18(21-6-2-4-8-23(21)31)13-24-26(34)32(27(35)36-24)16-25(33)30-20-11-9-19(29)10-12-20/h1-13,15H,14,16H2,(H,30,33)/b24-13-. The molecule has 0 aliphatic carbocycles. The summed E-state index contributed by atoms with van der Waals surface area (Å²) in [6, 6.07) is 21.4. The van der Waals surface area contributed by atoms with Crippen molar-refractivity contribution >= 4 is 74.1 Å². The summed E-state index contributed by atoms with van der Waals surface area (Å²) in [7, 11) is 0. The second kappa shape index (κ2) is 10.3. The molecule has 0 saturated carbocycles. The summed E-state index contributed by atoms with van der Waals surface area (Å²) in [5.41, 5.74) is 2.74. The number of thioether (sulfide) groups is 1. The van der Waals surface area contributed by atoms with Crippen LogP contribution in [0.3, 0.4) is 0 Å². The van der Waals surface area contributed by atoms with Crippen LogP contribution < -0.4 is 5.32 Å². The zero-order valence-corrected chi connectivity index (χ0v) is 21.8. The van der Waals surface area contributed by atoms with Crippen molar-refractivity contribution in [1.29, 1.82) is 0 Å². The number of nitrogens with zero attached hydrogens (tertiary/aromatic N) is 2. The summed E-state index contributed by atoms with van der Waals surface area (Å²) in [4.78, 5) is 39.2. The van der Waals surface area contributed by atoms with E-state index in [0.29, 0.717) is 17.8 Å². The number of para-hydroxylation sites is 1. The van der Waals surface area contributed by atoms with Gasteiger partial charge in [0.1, 0.15) is 12.4 Å². The van der Waals surface area contributed by atoms with E-state index in [1.54, 1.807) is 36.4 Å². The first-order valence-corrected chi connectivity index (χ1v) is 12.9. The van der Waals surface area contributed by atoms with E-state index in [0.717, 1.165) is 36.7 Å². The van der Waals surface area contributed by atoms with Gasteiger partial charge < -0.3 is 9.88 Å². The Labute approximate surface area is 224 Å². The van der Waals surface area contributed by atoms with Crippen molar-refractivity contribution in [2.75, 3.05) is 11.9 Å². The van der Waals surface area contributed by atoms with E-state index in [2.05, 4.69) is 27.9 Å². The third kappa shape index (κ3) is 5.07. The topological polar surface area (TPSA) is 71.4 Å². The maximum absolute atomic E-state index is 14.3. The van der Waals surface area contributed by atoms with Crippen LogP contribution in [0.4, 0.5) is 14.9 Å². The Balaban J connectivity index is 1.38. The number of hydrogen-bond donors (Lipinski definition) is 1. The van der Waals surface area contributed by atoms with Gasteiger partial charge in [-0.3, -0.25) is 19.3 Å². The molecule has 1 fully saturated rings. The first kappa shape index (κ1) is 24.3. The Hall–Kier alpha value is -3.44. The second-order valence-corrected chi connectivity index (χ2v) is 10.4. The van der Waals surface area contributed by atoms with Crippen molar-refractivity contribution < 1.29 is 18.8 Å². The summed E-state index contributed by atoms with van der Waals surface area (Å²) in [5.74, 6) is -1.27. The Morgan fingerprint density at radius 1 is 1.00 bits per heavy atom. The predicted molar refractivity (Wildman–Crippen MR) is 148 cm³/mol. The molecule has 0 bridgehead atoms. The van der Waals surface area contributed by atoms with E-state index < -0.39 is 17.1 Å². The molecular formula is C27H19FIN3O3S. The molecular weight excluding hydrogens is 592 g/mol. The van der Waals surface area contributed by atoms with Gasteiger partial charge in [0.25, 0.3) is 11.1 Å². The number of aromatic nitrogens is 1. The normalized spacial score (nSPS) is 14.7. The van der Waals surface area contributed by atoms with E-state index in [4.69, 9.17) is 0 Å². The number of nitrogens with one attached hydrogen (secondary N) is 1. The molecule has 0 radical (unpaired) electrons. The summed E-state index contributed by atoms with van der Waals surface area (Å²) in [5, 5.41) is 3.08. The fourth-order valence-electron chi connectivity index (χ4n) is 3.99. The number of anilines is 1. The lowest BCUT2D eigenvalue weighted by molar-refractivity contribution is -0.127. The number of fused-ring (bicyclic) bond motifs is 1. The summed E-state index contributed by atoms with van der Waals surface area (Å²) >= 11 is 2.96. The number of benzene rings is 3. The van der Waals surface area contributed by atoms with E-state index >= 15 is 0 Å². The average molecular weight is 611 g/mol. The summed E-state index contributed by atoms with van der Waals surface area (Å²) in [6.45, 7) is -0.0513. The molecule has 0 atom stereocenters. The highest BCUT2D eigenvalue weighted by atomic mass is 127. The molecule has 3 amide bonds. The van der Waals surface area contributed by atoms with Crippen LogP contribution in [-0.4, -0.2) is 33.1 Å². The van der Waals surface area contributed by atoms with E-state index in [1.807, 2.05) is 47.2 Å². The van der Waals surface area contributed by atoms with Crippen molar-refractivity contribution in [3.05, 3.63) is 104 Å². The third-order valence-corrected chi connectivity index (χ3v) is 7.33. The maximum Gasteiger partial charge on any atom is 0.294 e.